The summed E-state index contributed by atoms with van der Waals surface area (Å²) < 4.78 is 1.07. The van der Waals surface area contributed by atoms with Crippen LogP contribution in [0.5, 0.6) is 0 Å². The van der Waals surface area contributed by atoms with Crippen molar-refractivity contribution in [3.05, 3.63) is 12.7 Å². The Morgan fingerprint density at radius 1 is 1.48 bits per heavy atom. The topological polar surface area (TPSA) is 47.8 Å². The Balaban J connectivity index is 2.11. The molecule has 1 fully saturated rings. The van der Waals surface area contributed by atoms with Crippen molar-refractivity contribution in [1.82, 2.24) is 14.8 Å². The summed E-state index contributed by atoms with van der Waals surface area (Å²) in [5.41, 5.74) is -0.404. The summed E-state index contributed by atoms with van der Waals surface area (Å²) in [5.74, 6) is 0.734. The predicted molar refractivity (Wildman–Crippen MR) is 84.5 cm³/mol. The standard InChI is InChI=1S/C15H23Cl2N3O/c1-10(2)14(3,4)13(21)12(20-9-18-8-19-20)6-5-11-7-15(11,16)17/h8-12H,5-7H2,1-4H3. The molecule has 118 valence electrons. The monoisotopic (exact) mass is 331 g/mol. The van der Waals surface area contributed by atoms with Crippen LogP contribution in [0.25, 0.3) is 0 Å². The molecule has 4 nitrogen and oxygen atoms in total. The molecule has 6 heteroatoms. The van der Waals surface area contributed by atoms with Gasteiger partial charge in [-0.15, -0.1) is 23.2 Å². The Bertz CT molecular complexity index is 497. The van der Waals surface area contributed by atoms with E-state index < -0.39 is 9.75 Å². The van der Waals surface area contributed by atoms with Crippen molar-refractivity contribution in [2.45, 2.75) is 57.3 Å². The van der Waals surface area contributed by atoms with Gasteiger partial charge in [-0.2, -0.15) is 5.10 Å². The van der Waals surface area contributed by atoms with E-state index in [1.54, 1.807) is 11.0 Å². The van der Waals surface area contributed by atoms with E-state index in [9.17, 15) is 4.79 Å². The van der Waals surface area contributed by atoms with Gasteiger partial charge in [0.2, 0.25) is 0 Å². The van der Waals surface area contributed by atoms with Crippen LogP contribution in [0, 0.1) is 17.3 Å². The first-order chi connectivity index (χ1) is 9.66. The van der Waals surface area contributed by atoms with Gasteiger partial charge in [0, 0.05) is 5.41 Å². The maximum absolute atomic E-state index is 12.9. The molecule has 1 aliphatic rings. The van der Waals surface area contributed by atoms with Gasteiger partial charge >= 0.3 is 0 Å². The summed E-state index contributed by atoms with van der Waals surface area (Å²) in [5, 5.41) is 4.16. The summed E-state index contributed by atoms with van der Waals surface area (Å²) in [6.07, 6.45) is 5.41. The first-order valence-electron chi connectivity index (χ1n) is 7.42. The molecule has 1 aromatic heterocycles. The van der Waals surface area contributed by atoms with E-state index in [-0.39, 0.29) is 23.7 Å². The van der Waals surface area contributed by atoms with Gasteiger partial charge in [-0.05, 0) is 31.1 Å². The van der Waals surface area contributed by atoms with Gasteiger partial charge in [0.15, 0.2) is 5.78 Å². The number of hydrogen-bond donors (Lipinski definition) is 0. The van der Waals surface area contributed by atoms with Crippen LogP contribution < -0.4 is 0 Å². The lowest BCUT2D eigenvalue weighted by atomic mass is 9.74. The van der Waals surface area contributed by atoms with Crippen molar-refractivity contribution in [3.63, 3.8) is 0 Å². The van der Waals surface area contributed by atoms with Crippen molar-refractivity contribution in [2.75, 3.05) is 0 Å². The molecule has 2 unspecified atom stereocenters. The molecule has 0 amide bonds. The molecule has 0 N–H and O–H groups in total. The lowest BCUT2D eigenvalue weighted by Crippen LogP contribution is -2.37. The molecule has 1 heterocycles. The molecular weight excluding hydrogens is 309 g/mol. The number of Topliss-reactive ketones (excluding diaryl/α,β-unsaturated/α-hetero) is 1. The van der Waals surface area contributed by atoms with E-state index in [0.29, 0.717) is 6.42 Å². The number of halogens is 2. The van der Waals surface area contributed by atoms with Crippen LogP contribution in [0.1, 0.15) is 53.0 Å². The fourth-order valence-corrected chi connectivity index (χ4v) is 3.01. The molecule has 0 aliphatic heterocycles. The third-order valence-electron chi connectivity index (χ3n) is 4.88. The second-order valence-electron chi connectivity index (χ2n) is 6.87. The Labute approximate surface area is 136 Å². The fraction of sp³-hybridized carbons (Fsp3) is 0.800. The van der Waals surface area contributed by atoms with Crippen molar-refractivity contribution in [2.24, 2.45) is 17.3 Å². The van der Waals surface area contributed by atoms with Gasteiger partial charge in [-0.25, -0.2) is 9.67 Å². The Kier molecular flexibility index (Phi) is 4.69. The number of carbonyl (C=O) groups is 1. The largest absolute Gasteiger partial charge is 0.297 e. The molecule has 21 heavy (non-hydrogen) atoms. The highest BCUT2D eigenvalue weighted by atomic mass is 35.5. The molecule has 1 aliphatic carbocycles. The normalized spacial score (nSPS) is 22.3. The molecule has 0 aromatic carbocycles. The van der Waals surface area contributed by atoms with Gasteiger partial charge in [0.1, 0.15) is 23.0 Å². The molecule has 0 radical (unpaired) electrons. The number of carbonyl (C=O) groups excluding carboxylic acids is 1. The molecule has 0 spiro atoms. The second kappa shape index (κ2) is 5.88. The Morgan fingerprint density at radius 3 is 2.52 bits per heavy atom. The van der Waals surface area contributed by atoms with Gasteiger partial charge in [0.25, 0.3) is 0 Å². The zero-order chi connectivity index (χ0) is 15.8. The van der Waals surface area contributed by atoms with E-state index in [0.717, 1.165) is 12.8 Å². The highest BCUT2D eigenvalue weighted by Crippen LogP contribution is 2.56. The van der Waals surface area contributed by atoms with Crippen LogP contribution in [0.15, 0.2) is 12.7 Å². The summed E-state index contributed by atoms with van der Waals surface area (Å²) in [7, 11) is 0. The summed E-state index contributed by atoms with van der Waals surface area (Å²) in [6, 6.07) is -0.297. The molecule has 2 atom stereocenters. The van der Waals surface area contributed by atoms with Crippen molar-refractivity contribution in [1.29, 1.82) is 0 Å². The van der Waals surface area contributed by atoms with E-state index in [1.165, 1.54) is 6.33 Å². The van der Waals surface area contributed by atoms with Crippen LogP contribution in [-0.4, -0.2) is 24.9 Å². The molecule has 2 rings (SSSR count). The highest BCUT2D eigenvalue weighted by molar-refractivity contribution is 6.50. The van der Waals surface area contributed by atoms with Crippen molar-refractivity contribution in [3.8, 4) is 0 Å². The number of aromatic nitrogens is 3. The number of alkyl halides is 2. The predicted octanol–water partition coefficient (Wildman–Crippen LogP) is 4.04. The second-order valence-corrected chi connectivity index (χ2v) is 8.41. The average molecular weight is 332 g/mol. The number of ketones is 1. The number of nitrogens with zero attached hydrogens (tertiary/aromatic N) is 3. The van der Waals surface area contributed by atoms with Gasteiger partial charge in [-0.1, -0.05) is 27.7 Å². The summed E-state index contributed by atoms with van der Waals surface area (Å²) >= 11 is 12.2. The fourth-order valence-electron chi connectivity index (χ4n) is 2.42. The van der Waals surface area contributed by atoms with E-state index in [4.69, 9.17) is 23.2 Å². The van der Waals surface area contributed by atoms with E-state index >= 15 is 0 Å². The SMILES string of the molecule is CC(C)C(C)(C)C(=O)C(CCC1CC1(Cl)Cl)n1cncn1. The first kappa shape index (κ1) is 16.8. The first-order valence-corrected chi connectivity index (χ1v) is 8.18. The van der Waals surface area contributed by atoms with Crippen molar-refractivity contribution < 1.29 is 4.79 Å². The Hall–Kier alpha value is -0.610. The molecule has 1 aromatic rings. The maximum Gasteiger partial charge on any atom is 0.163 e. The van der Waals surface area contributed by atoms with Crippen molar-refractivity contribution >= 4 is 29.0 Å². The van der Waals surface area contributed by atoms with E-state index in [2.05, 4.69) is 23.9 Å². The maximum atomic E-state index is 12.9. The van der Waals surface area contributed by atoms with Crippen LogP contribution >= 0.6 is 23.2 Å². The highest BCUT2D eigenvalue weighted by Gasteiger charge is 2.51. The van der Waals surface area contributed by atoms with Crippen LogP contribution in [0.3, 0.4) is 0 Å². The lowest BCUT2D eigenvalue weighted by molar-refractivity contribution is -0.133. The summed E-state index contributed by atoms with van der Waals surface area (Å²) in [6.45, 7) is 8.13. The van der Waals surface area contributed by atoms with Crippen LogP contribution in [-0.2, 0) is 4.79 Å². The van der Waals surface area contributed by atoms with Gasteiger partial charge < -0.3 is 0 Å². The van der Waals surface area contributed by atoms with Gasteiger partial charge in [-0.3, -0.25) is 4.79 Å². The van der Waals surface area contributed by atoms with Crippen LogP contribution in [0.2, 0.25) is 0 Å². The lowest BCUT2D eigenvalue weighted by Gasteiger charge is -2.31. The minimum absolute atomic E-state index is 0.193. The smallest absolute Gasteiger partial charge is 0.163 e. The van der Waals surface area contributed by atoms with Gasteiger partial charge in [0.05, 0.1) is 0 Å². The number of rotatable bonds is 7. The third kappa shape index (κ3) is 3.59. The van der Waals surface area contributed by atoms with E-state index in [1.807, 2.05) is 13.8 Å². The minimum Gasteiger partial charge on any atom is -0.297 e. The zero-order valence-electron chi connectivity index (χ0n) is 13.0. The van der Waals surface area contributed by atoms with Crippen LogP contribution in [0.4, 0.5) is 0 Å². The quantitative estimate of drug-likeness (QED) is 0.708. The molecule has 1 saturated carbocycles. The zero-order valence-corrected chi connectivity index (χ0v) is 14.5. The minimum atomic E-state index is -0.594. The summed E-state index contributed by atoms with van der Waals surface area (Å²) in [4.78, 5) is 16.9. The molecular formula is C15H23Cl2N3O. The molecule has 0 saturated heterocycles. The average Bonchev–Trinajstić information content (AvgIpc) is 2.81. The number of hydrogen-bond acceptors (Lipinski definition) is 3. The molecule has 0 bridgehead atoms. The Morgan fingerprint density at radius 2 is 2.10 bits per heavy atom. The third-order valence-corrected chi connectivity index (χ3v) is 5.81.